The third kappa shape index (κ3) is 3.62. The van der Waals surface area contributed by atoms with Crippen LogP contribution in [0.25, 0.3) is 0 Å². The highest BCUT2D eigenvalue weighted by Crippen LogP contribution is 2.30. The standard InChI is InChI=1S/C14H24N4OS/c1-8(14(2,3)4)7-16-13-10(11(15)18-20-13)12(19)17-9-5-6-9/h8-9,16H,5-7H2,1-4H3,(H2,15,18)(H,17,19). The number of hydrogen-bond donors (Lipinski definition) is 3. The minimum Gasteiger partial charge on any atom is -0.382 e. The largest absolute Gasteiger partial charge is 0.382 e. The van der Waals surface area contributed by atoms with E-state index in [0.717, 1.165) is 24.4 Å². The second-order valence-electron chi connectivity index (χ2n) is 6.67. The minimum atomic E-state index is -0.107. The molecule has 1 fully saturated rings. The van der Waals surface area contributed by atoms with Gasteiger partial charge < -0.3 is 16.4 Å². The predicted octanol–water partition coefficient (Wildman–Crippen LogP) is 2.71. The second kappa shape index (κ2) is 5.60. The van der Waals surface area contributed by atoms with Crippen molar-refractivity contribution in [3.8, 4) is 0 Å². The number of nitrogens with two attached hydrogens (primary N) is 1. The number of nitrogens with zero attached hydrogens (tertiary/aromatic N) is 1. The number of carbonyl (C=O) groups is 1. The van der Waals surface area contributed by atoms with E-state index in [-0.39, 0.29) is 11.3 Å². The number of hydrogen-bond acceptors (Lipinski definition) is 5. The van der Waals surface area contributed by atoms with Gasteiger partial charge in [0.05, 0.1) is 0 Å². The molecular formula is C14H24N4OS. The van der Waals surface area contributed by atoms with Gasteiger partial charge >= 0.3 is 0 Å². The van der Waals surface area contributed by atoms with Crippen molar-refractivity contribution in [2.45, 2.75) is 46.6 Å². The average molecular weight is 296 g/mol. The van der Waals surface area contributed by atoms with Crippen molar-refractivity contribution in [2.24, 2.45) is 11.3 Å². The van der Waals surface area contributed by atoms with Gasteiger partial charge in [-0.05, 0) is 35.7 Å². The quantitative estimate of drug-likeness (QED) is 0.780. The van der Waals surface area contributed by atoms with E-state index in [2.05, 4.69) is 42.7 Å². The van der Waals surface area contributed by atoms with E-state index >= 15 is 0 Å². The Kier molecular flexibility index (Phi) is 4.22. The average Bonchev–Trinajstić information content (AvgIpc) is 3.06. The molecule has 0 aliphatic heterocycles. The van der Waals surface area contributed by atoms with Crippen LogP contribution < -0.4 is 16.4 Å². The van der Waals surface area contributed by atoms with Crippen molar-refractivity contribution in [2.75, 3.05) is 17.6 Å². The maximum Gasteiger partial charge on any atom is 0.258 e. The van der Waals surface area contributed by atoms with E-state index in [1.165, 1.54) is 11.5 Å². The number of aromatic nitrogens is 1. The summed E-state index contributed by atoms with van der Waals surface area (Å²) in [5.41, 5.74) is 6.55. The fraction of sp³-hybridized carbons (Fsp3) is 0.714. The maximum absolute atomic E-state index is 12.2. The predicted molar refractivity (Wildman–Crippen MR) is 84.1 cm³/mol. The second-order valence-corrected chi connectivity index (χ2v) is 7.44. The first kappa shape index (κ1) is 15.1. The normalized spacial score (nSPS) is 16.8. The van der Waals surface area contributed by atoms with Gasteiger partial charge in [0.1, 0.15) is 10.6 Å². The Morgan fingerprint density at radius 3 is 2.70 bits per heavy atom. The van der Waals surface area contributed by atoms with Gasteiger partial charge in [0.2, 0.25) is 0 Å². The SMILES string of the molecule is CC(CNc1snc(N)c1C(=O)NC1CC1)C(C)(C)C. The molecule has 0 bridgehead atoms. The molecule has 1 aliphatic carbocycles. The zero-order valence-electron chi connectivity index (χ0n) is 12.6. The molecule has 0 radical (unpaired) electrons. The van der Waals surface area contributed by atoms with Crippen molar-refractivity contribution in [3.63, 3.8) is 0 Å². The zero-order chi connectivity index (χ0) is 14.9. The molecule has 112 valence electrons. The van der Waals surface area contributed by atoms with Gasteiger partial charge in [0, 0.05) is 12.6 Å². The molecule has 1 aliphatic rings. The Morgan fingerprint density at radius 2 is 2.15 bits per heavy atom. The summed E-state index contributed by atoms with van der Waals surface area (Å²) >= 11 is 1.26. The van der Waals surface area contributed by atoms with E-state index in [1.807, 2.05) is 0 Å². The summed E-state index contributed by atoms with van der Waals surface area (Å²) < 4.78 is 4.10. The summed E-state index contributed by atoms with van der Waals surface area (Å²) in [6.07, 6.45) is 2.13. The minimum absolute atomic E-state index is 0.107. The third-order valence-corrected chi connectivity index (χ3v) is 4.72. The molecule has 1 aromatic heterocycles. The number of nitrogens with one attached hydrogen (secondary N) is 2. The highest BCUT2D eigenvalue weighted by molar-refractivity contribution is 7.11. The molecule has 6 heteroatoms. The lowest BCUT2D eigenvalue weighted by Gasteiger charge is -2.27. The van der Waals surface area contributed by atoms with Crippen molar-refractivity contribution >= 4 is 28.3 Å². The van der Waals surface area contributed by atoms with E-state index < -0.39 is 0 Å². The van der Waals surface area contributed by atoms with Gasteiger partial charge in [-0.1, -0.05) is 27.7 Å². The smallest absolute Gasteiger partial charge is 0.258 e. The van der Waals surface area contributed by atoms with Crippen molar-refractivity contribution in [1.29, 1.82) is 0 Å². The summed E-state index contributed by atoms with van der Waals surface area (Å²) in [5, 5.41) is 7.07. The molecule has 1 aromatic rings. The first-order chi connectivity index (χ1) is 9.29. The van der Waals surface area contributed by atoms with Gasteiger partial charge in [-0.15, -0.1) is 0 Å². The Bertz CT molecular complexity index is 488. The van der Waals surface area contributed by atoms with Gasteiger partial charge in [-0.2, -0.15) is 4.37 Å². The highest BCUT2D eigenvalue weighted by atomic mass is 32.1. The summed E-state index contributed by atoms with van der Waals surface area (Å²) in [7, 11) is 0. The lowest BCUT2D eigenvalue weighted by atomic mass is 9.82. The number of rotatable bonds is 5. The van der Waals surface area contributed by atoms with Crippen LogP contribution in [0, 0.1) is 11.3 Å². The van der Waals surface area contributed by atoms with E-state index in [0.29, 0.717) is 23.3 Å². The molecule has 0 aromatic carbocycles. The Morgan fingerprint density at radius 1 is 1.50 bits per heavy atom. The summed E-state index contributed by atoms with van der Waals surface area (Å²) in [5.74, 6) is 0.689. The van der Waals surface area contributed by atoms with Gasteiger partial charge in [-0.25, -0.2) is 0 Å². The van der Waals surface area contributed by atoms with Crippen molar-refractivity contribution in [1.82, 2.24) is 9.69 Å². The van der Waals surface area contributed by atoms with E-state index in [9.17, 15) is 4.79 Å². The summed E-state index contributed by atoms with van der Waals surface area (Å²) in [4.78, 5) is 12.2. The van der Waals surface area contributed by atoms with Crippen LogP contribution in [0.4, 0.5) is 10.8 Å². The topological polar surface area (TPSA) is 80.0 Å². The van der Waals surface area contributed by atoms with E-state index in [4.69, 9.17) is 5.73 Å². The van der Waals surface area contributed by atoms with Crippen LogP contribution in [0.3, 0.4) is 0 Å². The van der Waals surface area contributed by atoms with Crippen LogP contribution in [0.5, 0.6) is 0 Å². The van der Waals surface area contributed by atoms with E-state index in [1.54, 1.807) is 0 Å². The van der Waals surface area contributed by atoms with Gasteiger partial charge in [-0.3, -0.25) is 4.79 Å². The van der Waals surface area contributed by atoms with Crippen LogP contribution in [-0.4, -0.2) is 22.9 Å². The summed E-state index contributed by atoms with van der Waals surface area (Å²) in [6, 6.07) is 0.322. The molecule has 1 saturated carbocycles. The zero-order valence-corrected chi connectivity index (χ0v) is 13.4. The molecule has 0 spiro atoms. The van der Waals surface area contributed by atoms with Gasteiger partial charge in [0.15, 0.2) is 5.82 Å². The molecule has 20 heavy (non-hydrogen) atoms. The highest BCUT2D eigenvalue weighted by Gasteiger charge is 2.28. The molecule has 1 atom stereocenters. The number of amides is 1. The summed E-state index contributed by atoms with van der Waals surface area (Å²) in [6.45, 7) is 9.62. The first-order valence-corrected chi connectivity index (χ1v) is 7.86. The molecule has 4 N–H and O–H groups in total. The maximum atomic E-state index is 12.2. The van der Waals surface area contributed by atoms with Crippen molar-refractivity contribution in [3.05, 3.63) is 5.56 Å². The number of anilines is 2. The van der Waals surface area contributed by atoms with Crippen LogP contribution >= 0.6 is 11.5 Å². The lowest BCUT2D eigenvalue weighted by Crippen LogP contribution is -2.28. The van der Waals surface area contributed by atoms with Crippen LogP contribution in [0.15, 0.2) is 0 Å². The first-order valence-electron chi connectivity index (χ1n) is 7.09. The van der Waals surface area contributed by atoms with Crippen LogP contribution in [0.1, 0.15) is 50.9 Å². The molecule has 1 amide bonds. The molecule has 1 heterocycles. The molecular weight excluding hydrogens is 272 g/mol. The van der Waals surface area contributed by atoms with Crippen LogP contribution in [-0.2, 0) is 0 Å². The molecule has 2 rings (SSSR count). The van der Waals surface area contributed by atoms with Crippen molar-refractivity contribution < 1.29 is 4.79 Å². The Balaban J connectivity index is 2.02. The third-order valence-electron chi connectivity index (χ3n) is 3.91. The molecule has 5 nitrogen and oxygen atoms in total. The molecule has 0 saturated heterocycles. The van der Waals surface area contributed by atoms with Crippen LogP contribution in [0.2, 0.25) is 0 Å². The fourth-order valence-corrected chi connectivity index (χ4v) is 2.40. The number of carbonyl (C=O) groups excluding carboxylic acids is 1. The molecule has 1 unspecified atom stereocenters. The monoisotopic (exact) mass is 296 g/mol. The Labute approximate surface area is 124 Å². The Hall–Kier alpha value is -1.30. The lowest BCUT2D eigenvalue weighted by molar-refractivity contribution is 0.0953. The fourth-order valence-electron chi connectivity index (χ4n) is 1.68. The van der Waals surface area contributed by atoms with Gasteiger partial charge in [0.25, 0.3) is 5.91 Å². The number of nitrogen functional groups attached to an aromatic ring is 1.